The van der Waals surface area contributed by atoms with Gasteiger partial charge in [0.2, 0.25) is 0 Å². The molecule has 0 spiro atoms. The van der Waals surface area contributed by atoms with Gasteiger partial charge in [0.05, 0.1) is 5.92 Å². The summed E-state index contributed by atoms with van der Waals surface area (Å²) >= 11 is 0. The smallest absolute Gasteiger partial charge is 0.306 e. The third kappa shape index (κ3) is 3.28. The lowest BCUT2D eigenvalue weighted by molar-refractivity contribution is -0.144. The Morgan fingerprint density at radius 1 is 1.24 bits per heavy atom. The van der Waals surface area contributed by atoms with Gasteiger partial charge in [-0.05, 0) is 38.3 Å². The van der Waals surface area contributed by atoms with Crippen LogP contribution in [0.4, 0.5) is 0 Å². The van der Waals surface area contributed by atoms with E-state index >= 15 is 0 Å². The second-order valence-corrected chi connectivity index (χ2v) is 5.78. The zero-order valence-electron chi connectivity index (χ0n) is 10.7. The summed E-state index contributed by atoms with van der Waals surface area (Å²) in [4.78, 5) is 23.2. The minimum Gasteiger partial charge on any atom is -0.481 e. The average molecular weight is 258 g/mol. The van der Waals surface area contributed by atoms with Crippen LogP contribution in [-0.4, -0.2) is 23.0 Å². The number of Topliss-reactive ketones (excluding diaryl/α,β-unsaturated/α-hetero) is 1. The maximum absolute atomic E-state index is 12.4. The quantitative estimate of drug-likeness (QED) is 0.771. The van der Waals surface area contributed by atoms with Gasteiger partial charge in [0.1, 0.15) is 5.78 Å². The molecule has 98 valence electrons. The second kappa shape index (κ2) is 5.95. The molecule has 1 fully saturated rings. The van der Waals surface area contributed by atoms with E-state index in [1.807, 2.05) is 13.8 Å². The number of rotatable bonds is 5. The number of aliphatic carboxylic acids is 1. The maximum atomic E-state index is 12.4. The van der Waals surface area contributed by atoms with E-state index in [1.54, 1.807) is 0 Å². The van der Waals surface area contributed by atoms with Crippen LogP contribution in [-0.2, 0) is 9.59 Å². The highest BCUT2D eigenvalue weighted by molar-refractivity contribution is 7.16. The molecule has 1 saturated carbocycles. The molecule has 1 aliphatic rings. The van der Waals surface area contributed by atoms with Crippen molar-refractivity contribution >= 4 is 21.0 Å². The number of carboxylic acids is 1. The van der Waals surface area contributed by atoms with Crippen LogP contribution in [0.1, 0.15) is 46.0 Å². The van der Waals surface area contributed by atoms with Gasteiger partial charge in [-0.25, -0.2) is 0 Å². The standard InChI is InChI=1S/C13H23O3P/c1-3-13(2,8-17)11(14)9-4-6-10(7-5-9)12(15)16/h9-10H,3-8,17H2,1-2H3,(H,15,16). The van der Waals surface area contributed by atoms with Crippen molar-refractivity contribution in [2.24, 2.45) is 17.3 Å². The van der Waals surface area contributed by atoms with Gasteiger partial charge in [-0.3, -0.25) is 9.59 Å². The van der Waals surface area contributed by atoms with Gasteiger partial charge in [0, 0.05) is 11.3 Å². The Morgan fingerprint density at radius 2 is 1.71 bits per heavy atom. The molecule has 1 aliphatic carbocycles. The number of carbonyl (C=O) groups excluding carboxylic acids is 1. The zero-order chi connectivity index (χ0) is 13.1. The van der Waals surface area contributed by atoms with Crippen LogP contribution in [0, 0.1) is 17.3 Å². The minimum absolute atomic E-state index is 0.0797. The van der Waals surface area contributed by atoms with Crippen molar-refractivity contribution in [2.75, 3.05) is 6.16 Å². The molecule has 0 aromatic carbocycles. The maximum Gasteiger partial charge on any atom is 0.306 e. The summed E-state index contributed by atoms with van der Waals surface area (Å²) in [6, 6.07) is 0. The van der Waals surface area contributed by atoms with E-state index in [9.17, 15) is 9.59 Å². The third-order valence-electron chi connectivity index (χ3n) is 4.27. The Bertz CT molecular complexity index is 289. The van der Waals surface area contributed by atoms with Crippen molar-refractivity contribution in [1.29, 1.82) is 0 Å². The van der Waals surface area contributed by atoms with Gasteiger partial charge < -0.3 is 5.11 Å². The van der Waals surface area contributed by atoms with Crippen molar-refractivity contribution in [3.8, 4) is 0 Å². The van der Waals surface area contributed by atoms with Gasteiger partial charge in [-0.15, -0.1) is 9.24 Å². The zero-order valence-corrected chi connectivity index (χ0v) is 11.9. The van der Waals surface area contributed by atoms with E-state index in [0.29, 0.717) is 18.6 Å². The van der Waals surface area contributed by atoms with Gasteiger partial charge in [0.15, 0.2) is 0 Å². The van der Waals surface area contributed by atoms with E-state index in [0.717, 1.165) is 25.4 Å². The number of hydrogen-bond acceptors (Lipinski definition) is 2. The van der Waals surface area contributed by atoms with E-state index in [1.165, 1.54) is 0 Å². The summed E-state index contributed by atoms with van der Waals surface area (Å²) in [5.41, 5.74) is -0.245. The second-order valence-electron chi connectivity index (χ2n) is 5.37. The highest BCUT2D eigenvalue weighted by atomic mass is 31.0. The Kier molecular flexibility index (Phi) is 5.12. The highest BCUT2D eigenvalue weighted by Gasteiger charge is 2.37. The molecular weight excluding hydrogens is 235 g/mol. The third-order valence-corrected chi connectivity index (χ3v) is 5.17. The van der Waals surface area contributed by atoms with Crippen molar-refractivity contribution in [1.82, 2.24) is 0 Å². The summed E-state index contributed by atoms with van der Waals surface area (Å²) in [6.45, 7) is 4.07. The van der Waals surface area contributed by atoms with Crippen LogP contribution in [0.25, 0.3) is 0 Å². The molecule has 3 nitrogen and oxygen atoms in total. The lowest BCUT2D eigenvalue weighted by Crippen LogP contribution is -2.37. The van der Waals surface area contributed by atoms with Gasteiger partial charge in [0.25, 0.3) is 0 Å². The molecule has 0 amide bonds. The fourth-order valence-corrected chi connectivity index (χ4v) is 3.00. The van der Waals surface area contributed by atoms with Crippen LogP contribution >= 0.6 is 9.24 Å². The van der Waals surface area contributed by atoms with Crippen LogP contribution in [0.5, 0.6) is 0 Å². The first kappa shape index (κ1) is 14.6. The summed E-state index contributed by atoms with van der Waals surface area (Å²) in [7, 11) is 2.66. The van der Waals surface area contributed by atoms with E-state index in [2.05, 4.69) is 9.24 Å². The summed E-state index contributed by atoms with van der Waals surface area (Å²) < 4.78 is 0. The first-order valence-electron chi connectivity index (χ1n) is 6.41. The molecule has 2 atom stereocenters. The Balaban J connectivity index is 2.60. The minimum atomic E-state index is -0.708. The predicted molar refractivity (Wildman–Crippen MR) is 71.1 cm³/mol. The Labute approximate surface area is 106 Å². The summed E-state index contributed by atoms with van der Waals surface area (Å²) in [5, 5.41) is 8.93. The molecule has 0 aromatic rings. The van der Waals surface area contributed by atoms with Crippen molar-refractivity contribution in [3.05, 3.63) is 0 Å². The van der Waals surface area contributed by atoms with E-state index in [4.69, 9.17) is 5.11 Å². The molecule has 2 unspecified atom stereocenters. The fraction of sp³-hybridized carbons (Fsp3) is 0.846. The van der Waals surface area contributed by atoms with Gasteiger partial charge >= 0.3 is 5.97 Å². The van der Waals surface area contributed by atoms with Crippen LogP contribution in [0.3, 0.4) is 0 Å². The van der Waals surface area contributed by atoms with Crippen molar-refractivity contribution in [3.63, 3.8) is 0 Å². The van der Waals surface area contributed by atoms with Gasteiger partial charge in [-0.2, -0.15) is 0 Å². The molecule has 0 saturated heterocycles. The van der Waals surface area contributed by atoms with Crippen LogP contribution in [0.15, 0.2) is 0 Å². The lowest BCUT2D eigenvalue weighted by Gasteiger charge is -2.33. The molecule has 0 heterocycles. The summed E-state index contributed by atoms with van der Waals surface area (Å²) in [5.74, 6) is -0.530. The monoisotopic (exact) mass is 258 g/mol. The van der Waals surface area contributed by atoms with Crippen LogP contribution < -0.4 is 0 Å². The number of ketones is 1. The summed E-state index contributed by atoms with van der Waals surface area (Å²) in [6.07, 6.45) is 4.45. The Morgan fingerprint density at radius 3 is 2.06 bits per heavy atom. The van der Waals surface area contributed by atoms with E-state index in [-0.39, 0.29) is 17.3 Å². The van der Waals surface area contributed by atoms with Crippen LogP contribution in [0.2, 0.25) is 0 Å². The Hall–Kier alpha value is -0.430. The topological polar surface area (TPSA) is 54.4 Å². The fourth-order valence-electron chi connectivity index (χ4n) is 2.51. The molecule has 1 rings (SSSR count). The molecule has 1 N–H and O–H groups in total. The SMILES string of the molecule is CCC(C)(CP)C(=O)C1CCC(C(=O)O)CC1. The molecule has 0 radical (unpaired) electrons. The normalized spacial score (nSPS) is 28.4. The largest absolute Gasteiger partial charge is 0.481 e. The predicted octanol–water partition coefficient (Wildman–Crippen LogP) is 2.74. The number of carbonyl (C=O) groups is 2. The van der Waals surface area contributed by atoms with Gasteiger partial charge in [-0.1, -0.05) is 13.8 Å². The number of carboxylic acid groups (broad SMARTS) is 1. The molecule has 4 heteroatoms. The molecule has 17 heavy (non-hydrogen) atoms. The average Bonchev–Trinajstić information content (AvgIpc) is 2.37. The van der Waals surface area contributed by atoms with E-state index < -0.39 is 5.97 Å². The number of hydrogen-bond donors (Lipinski definition) is 1. The first-order valence-corrected chi connectivity index (χ1v) is 7.23. The molecule has 0 aromatic heterocycles. The molecular formula is C13H23O3P. The first-order chi connectivity index (χ1) is 7.94. The lowest BCUT2D eigenvalue weighted by atomic mass is 9.72. The highest BCUT2D eigenvalue weighted by Crippen LogP contribution is 2.36. The molecule has 0 bridgehead atoms. The molecule has 0 aliphatic heterocycles. The van der Waals surface area contributed by atoms with Crippen molar-refractivity contribution in [2.45, 2.75) is 46.0 Å². The van der Waals surface area contributed by atoms with Crippen molar-refractivity contribution < 1.29 is 14.7 Å².